The highest BCUT2D eigenvalue weighted by Gasteiger charge is 2.10. The number of aromatic nitrogens is 1. The smallest absolute Gasteiger partial charge is 0.269 e. The van der Waals surface area contributed by atoms with Gasteiger partial charge in [0.15, 0.2) is 0 Å². The molecule has 0 amide bonds. The van der Waals surface area contributed by atoms with Crippen LogP contribution in [0.3, 0.4) is 0 Å². The summed E-state index contributed by atoms with van der Waals surface area (Å²) in [4.78, 5) is 14.3. The molecule has 0 unspecified atom stereocenters. The Hall–Kier alpha value is -1.66. The van der Waals surface area contributed by atoms with Crippen LogP contribution in [0.1, 0.15) is 5.56 Å². The molecule has 2 rings (SSSR count). The fraction of sp³-hybridized carbons (Fsp3) is 0.0833. The van der Waals surface area contributed by atoms with Crippen molar-refractivity contribution in [3.63, 3.8) is 0 Å². The van der Waals surface area contributed by atoms with Gasteiger partial charge in [0.1, 0.15) is 4.60 Å². The molecule has 1 N–H and O–H groups in total. The lowest BCUT2D eigenvalue weighted by Crippen LogP contribution is -2.02. The van der Waals surface area contributed by atoms with Crippen molar-refractivity contribution in [1.29, 1.82) is 0 Å². The second kappa shape index (κ2) is 5.99. The lowest BCUT2D eigenvalue weighted by atomic mass is 10.2. The van der Waals surface area contributed by atoms with Gasteiger partial charge < -0.3 is 5.32 Å². The van der Waals surface area contributed by atoms with Gasteiger partial charge in [0, 0.05) is 29.9 Å². The van der Waals surface area contributed by atoms with E-state index in [0.29, 0.717) is 21.7 Å². The summed E-state index contributed by atoms with van der Waals surface area (Å²) in [7, 11) is 0. The molecule has 0 aliphatic heterocycles. The Morgan fingerprint density at radius 2 is 2.21 bits per heavy atom. The maximum absolute atomic E-state index is 10.7. The fourth-order valence-electron chi connectivity index (χ4n) is 1.52. The highest BCUT2D eigenvalue weighted by molar-refractivity contribution is 9.10. The summed E-state index contributed by atoms with van der Waals surface area (Å²) in [6, 6.07) is 8.00. The summed E-state index contributed by atoms with van der Waals surface area (Å²) in [5.41, 5.74) is 1.48. The SMILES string of the molecule is O=[N+]([O-])c1ccc(Cl)c(CNc2cccnc2Br)c1. The molecule has 98 valence electrons. The van der Waals surface area contributed by atoms with Gasteiger partial charge in [-0.1, -0.05) is 11.6 Å². The molecular formula is C12H9BrClN3O2. The number of nitro benzene ring substituents is 1. The third-order valence-corrected chi connectivity index (χ3v) is 3.47. The third kappa shape index (κ3) is 3.42. The third-order valence-electron chi connectivity index (χ3n) is 2.47. The Morgan fingerprint density at radius 1 is 1.42 bits per heavy atom. The largest absolute Gasteiger partial charge is 0.379 e. The van der Waals surface area contributed by atoms with Crippen LogP contribution in [-0.2, 0) is 6.54 Å². The summed E-state index contributed by atoms with van der Waals surface area (Å²) >= 11 is 9.33. The van der Waals surface area contributed by atoms with Gasteiger partial charge in [-0.05, 0) is 39.7 Å². The number of nitrogens with one attached hydrogen (secondary N) is 1. The lowest BCUT2D eigenvalue weighted by molar-refractivity contribution is -0.384. The minimum atomic E-state index is -0.445. The standard InChI is InChI=1S/C12H9BrClN3O2/c13-12-11(2-1-5-15-12)16-7-8-6-9(17(18)19)3-4-10(8)14/h1-6,16H,7H2. The zero-order valence-corrected chi connectivity index (χ0v) is 12.0. The molecule has 0 fully saturated rings. The number of nitrogens with zero attached hydrogens (tertiary/aromatic N) is 2. The van der Waals surface area contributed by atoms with Crippen LogP contribution in [0.5, 0.6) is 0 Å². The number of anilines is 1. The predicted octanol–water partition coefficient (Wildman–Crippen LogP) is 4.02. The molecule has 0 aliphatic carbocycles. The quantitative estimate of drug-likeness (QED) is 0.518. The van der Waals surface area contributed by atoms with Crippen molar-refractivity contribution in [3.05, 3.63) is 61.8 Å². The highest BCUT2D eigenvalue weighted by atomic mass is 79.9. The van der Waals surface area contributed by atoms with Gasteiger partial charge in [-0.15, -0.1) is 0 Å². The van der Waals surface area contributed by atoms with Crippen LogP contribution in [-0.4, -0.2) is 9.91 Å². The molecule has 2 aromatic rings. The van der Waals surface area contributed by atoms with Crippen molar-refractivity contribution in [2.24, 2.45) is 0 Å². The number of non-ortho nitro benzene ring substituents is 1. The number of hydrogen-bond acceptors (Lipinski definition) is 4. The van der Waals surface area contributed by atoms with Gasteiger partial charge in [-0.2, -0.15) is 0 Å². The normalized spacial score (nSPS) is 10.2. The van der Waals surface area contributed by atoms with Crippen LogP contribution >= 0.6 is 27.5 Å². The van der Waals surface area contributed by atoms with E-state index >= 15 is 0 Å². The number of pyridine rings is 1. The van der Waals surface area contributed by atoms with Crippen LogP contribution in [0.15, 0.2) is 41.1 Å². The van der Waals surface area contributed by atoms with E-state index in [1.165, 1.54) is 18.2 Å². The number of benzene rings is 1. The lowest BCUT2D eigenvalue weighted by Gasteiger charge is -2.09. The summed E-state index contributed by atoms with van der Waals surface area (Å²) in [6.07, 6.45) is 1.66. The van der Waals surface area contributed by atoms with Crippen LogP contribution in [0.4, 0.5) is 11.4 Å². The molecule has 0 aliphatic rings. The zero-order valence-electron chi connectivity index (χ0n) is 9.64. The molecule has 0 atom stereocenters. The monoisotopic (exact) mass is 341 g/mol. The minimum Gasteiger partial charge on any atom is -0.379 e. The van der Waals surface area contributed by atoms with Crippen molar-refractivity contribution < 1.29 is 4.92 Å². The van der Waals surface area contributed by atoms with E-state index in [1.54, 1.807) is 12.3 Å². The number of nitro groups is 1. The molecule has 1 aromatic carbocycles. The maximum atomic E-state index is 10.7. The van der Waals surface area contributed by atoms with E-state index in [9.17, 15) is 10.1 Å². The van der Waals surface area contributed by atoms with Crippen molar-refractivity contribution in [2.75, 3.05) is 5.32 Å². The van der Waals surface area contributed by atoms with Gasteiger partial charge in [0.05, 0.1) is 10.6 Å². The Kier molecular flexibility index (Phi) is 4.34. The first-order valence-electron chi connectivity index (χ1n) is 5.35. The number of hydrogen-bond donors (Lipinski definition) is 1. The topological polar surface area (TPSA) is 68.1 Å². The summed E-state index contributed by atoms with van der Waals surface area (Å²) in [5.74, 6) is 0. The van der Waals surface area contributed by atoms with Crippen molar-refractivity contribution in [2.45, 2.75) is 6.54 Å². The summed E-state index contributed by atoms with van der Waals surface area (Å²) in [5, 5.41) is 14.3. The Labute approximate surface area is 122 Å². The van der Waals surface area contributed by atoms with Gasteiger partial charge in [0.2, 0.25) is 0 Å². The Balaban J connectivity index is 2.17. The van der Waals surface area contributed by atoms with Crippen molar-refractivity contribution in [3.8, 4) is 0 Å². The van der Waals surface area contributed by atoms with Crippen LogP contribution < -0.4 is 5.32 Å². The van der Waals surface area contributed by atoms with Gasteiger partial charge in [0.25, 0.3) is 5.69 Å². The average molecular weight is 343 g/mol. The summed E-state index contributed by atoms with van der Waals surface area (Å²) in [6.45, 7) is 0.380. The predicted molar refractivity (Wildman–Crippen MR) is 77.4 cm³/mol. The summed E-state index contributed by atoms with van der Waals surface area (Å²) < 4.78 is 0.677. The van der Waals surface area contributed by atoms with Gasteiger partial charge >= 0.3 is 0 Å². The molecule has 0 bridgehead atoms. The first-order valence-corrected chi connectivity index (χ1v) is 6.52. The minimum absolute atomic E-state index is 0.0199. The second-order valence-corrected chi connectivity index (χ2v) is 4.89. The Morgan fingerprint density at radius 3 is 2.89 bits per heavy atom. The van der Waals surface area contributed by atoms with Crippen molar-refractivity contribution in [1.82, 2.24) is 4.98 Å². The van der Waals surface area contributed by atoms with Gasteiger partial charge in [-0.3, -0.25) is 10.1 Å². The molecule has 7 heteroatoms. The molecule has 5 nitrogen and oxygen atoms in total. The molecule has 0 saturated heterocycles. The molecule has 19 heavy (non-hydrogen) atoms. The van der Waals surface area contributed by atoms with E-state index in [4.69, 9.17) is 11.6 Å². The molecule has 1 aromatic heterocycles. The van der Waals surface area contributed by atoms with E-state index < -0.39 is 4.92 Å². The molecule has 0 saturated carbocycles. The first kappa shape index (κ1) is 13.8. The molecule has 0 radical (unpaired) electrons. The van der Waals surface area contributed by atoms with Gasteiger partial charge in [-0.25, -0.2) is 4.98 Å². The van der Waals surface area contributed by atoms with Crippen molar-refractivity contribution >= 4 is 38.9 Å². The zero-order chi connectivity index (χ0) is 13.8. The molecule has 0 spiro atoms. The van der Waals surface area contributed by atoms with E-state index in [2.05, 4.69) is 26.2 Å². The Bertz CT molecular complexity index is 622. The van der Waals surface area contributed by atoms with Crippen LogP contribution in [0, 0.1) is 10.1 Å². The number of rotatable bonds is 4. The molecule has 1 heterocycles. The highest BCUT2D eigenvalue weighted by Crippen LogP contribution is 2.24. The second-order valence-electron chi connectivity index (χ2n) is 3.73. The van der Waals surface area contributed by atoms with Crippen LogP contribution in [0.2, 0.25) is 5.02 Å². The van der Waals surface area contributed by atoms with Crippen LogP contribution in [0.25, 0.3) is 0 Å². The average Bonchev–Trinajstić information content (AvgIpc) is 2.39. The van der Waals surface area contributed by atoms with E-state index in [0.717, 1.165) is 5.69 Å². The number of halogens is 2. The van der Waals surface area contributed by atoms with E-state index in [1.807, 2.05) is 6.07 Å². The molecular weight excluding hydrogens is 334 g/mol. The first-order chi connectivity index (χ1) is 9.08. The maximum Gasteiger partial charge on any atom is 0.269 e. The fourth-order valence-corrected chi connectivity index (χ4v) is 2.09. The van der Waals surface area contributed by atoms with E-state index in [-0.39, 0.29) is 5.69 Å².